The van der Waals surface area contributed by atoms with Gasteiger partial charge in [-0.25, -0.2) is 0 Å². The van der Waals surface area contributed by atoms with E-state index in [9.17, 15) is 0 Å². The lowest BCUT2D eigenvalue weighted by atomic mass is 9.72. The largest absolute Gasteiger partial charge is 0.330 e. The average Bonchev–Trinajstić information content (AvgIpc) is 2.25. The van der Waals surface area contributed by atoms with E-state index in [1.165, 1.54) is 37.9 Å². The van der Waals surface area contributed by atoms with Crippen LogP contribution in [0.5, 0.6) is 0 Å². The Labute approximate surface area is 93.2 Å². The van der Waals surface area contributed by atoms with Gasteiger partial charge >= 0.3 is 0 Å². The van der Waals surface area contributed by atoms with Gasteiger partial charge in [0, 0.05) is 0 Å². The zero-order valence-electron chi connectivity index (χ0n) is 9.67. The van der Waals surface area contributed by atoms with Gasteiger partial charge in [0.2, 0.25) is 0 Å². The van der Waals surface area contributed by atoms with Crippen LogP contribution < -0.4 is 5.73 Å². The standard InChI is InChI=1S/C12H25NS/c1-3-10-4-5-12(9-13)11(8-10)6-7-14-2/h10-12H,3-9,13H2,1-2H3. The molecule has 0 bridgehead atoms. The molecular formula is C12H25NS. The highest BCUT2D eigenvalue weighted by Crippen LogP contribution is 2.37. The smallest absolute Gasteiger partial charge is 0.00462 e. The van der Waals surface area contributed by atoms with E-state index in [2.05, 4.69) is 13.2 Å². The van der Waals surface area contributed by atoms with Gasteiger partial charge in [-0.3, -0.25) is 0 Å². The molecule has 1 nitrogen and oxygen atoms in total. The summed E-state index contributed by atoms with van der Waals surface area (Å²) >= 11 is 1.98. The molecule has 0 aromatic rings. The van der Waals surface area contributed by atoms with Crippen molar-refractivity contribution in [3.63, 3.8) is 0 Å². The van der Waals surface area contributed by atoms with Crippen LogP contribution in [-0.2, 0) is 0 Å². The molecule has 0 heterocycles. The van der Waals surface area contributed by atoms with Crippen molar-refractivity contribution in [1.29, 1.82) is 0 Å². The Bertz CT molecular complexity index is 149. The van der Waals surface area contributed by atoms with E-state index in [0.717, 1.165) is 24.3 Å². The number of hydrogen-bond donors (Lipinski definition) is 1. The van der Waals surface area contributed by atoms with Gasteiger partial charge < -0.3 is 5.73 Å². The van der Waals surface area contributed by atoms with Crippen LogP contribution in [0.3, 0.4) is 0 Å². The fourth-order valence-electron chi connectivity index (χ4n) is 2.73. The highest BCUT2D eigenvalue weighted by atomic mass is 32.2. The Kier molecular flexibility index (Phi) is 5.95. The quantitative estimate of drug-likeness (QED) is 0.762. The van der Waals surface area contributed by atoms with E-state index in [0.29, 0.717) is 0 Å². The lowest BCUT2D eigenvalue weighted by Gasteiger charge is -2.35. The second-order valence-corrected chi connectivity index (χ2v) is 5.61. The zero-order chi connectivity index (χ0) is 10.4. The number of rotatable bonds is 5. The Morgan fingerprint density at radius 1 is 1.29 bits per heavy atom. The van der Waals surface area contributed by atoms with E-state index < -0.39 is 0 Å². The topological polar surface area (TPSA) is 26.0 Å². The summed E-state index contributed by atoms with van der Waals surface area (Å²) in [5.41, 5.74) is 5.85. The first-order valence-electron chi connectivity index (χ1n) is 6.00. The maximum absolute atomic E-state index is 5.85. The number of hydrogen-bond acceptors (Lipinski definition) is 2. The van der Waals surface area contributed by atoms with E-state index in [1.54, 1.807) is 0 Å². The van der Waals surface area contributed by atoms with Gasteiger partial charge in [0.1, 0.15) is 0 Å². The molecule has 0 aromatic carbocycles. The van der Waals surface area contributed by atoms with Gasteiger partial charge in [-0.2, -0.15) is 11.8 Å². The molecule has 0 saturated heterocycles. The molecule has 3 unspecified atom stereocenters. The van der Waals surface area contributed by atoms with Crippen molar-refractivity contribution in [2.24, 2.45) is 23.5 Å². The highest BCUT2D eigenvalue weighted by molar-refractivity contribution is 7.98. The molecule has 1 saturated carbocycles. The maximum Gasteiger partial charge on any atom is -0.00462 e. The molecule has 1 fully saturated rings. The van der Waals surface area contributed by atoms with Crippen molar-refractivity contribution >= 4 is 11.8 Å². The molecule has 14 heavy (non-hydrogen) atoms. The predicted octanol–water partition coefficient (Wildman–Crippen LogP) is 3.14. The Morgan fingerprint density at radius 3 is 2.64 bits per heavy atom. The summed E-state index contributed by atoms with van der Waals surface area (Å²) in [6, 6.07) is 0. The van der Waals surface area contributed by atoms with Gasteiger partial charge in [0.25, 0.3) is 0 Å². The Balaban J connectivity index is 2.38. The summed E-state index contributed by atoms with van der Waals surface area (Å²) in [6.07, 6.45) is 9.21. The van der Waals surface area contributed by atoms with Crippen LogP contribution >= 0.6 is 11.8 Å². The lowest BCUT2D eigenvalue weighted by Crippen LogP contribution is -2.30. The average molecular weight is 215 g/mol. The van der Waals surface area contributed by atoms with Crippen molar-refractivity contribution < 1.29 is 0 Å². The second-order valence-electron chi connectivity index (χ2n) is 4.62. The third-order valence-corrected chi connectivity index (χ3v) is 4.47. The summed E-state index contributed by atoms with van der Waals surface area (Å²) < 4.78 is 0. The highest BCUT2D eigenvalue weighted by Gasteiger charge is 2.28. The van der Waals surface area contributed by atoms with Crippen molar-refractivity contribution in [3.8, 4) is 0 Å². The summed E-state index contributed by atoms with van der Waals surface area (Å²) in [5.74, 6) is 4.05. The number of nitrogens with two attached hydrogens (primary N) is 1. The first kappa shape index (κ1) is 12.4. The van der Waals surface area contributed by atoms with Crippen LogP contribution in [0.4, 0.5) is 0 Å². The molecule has 3 atom stereocenters. The molecule has 1 rings (SSSR count). The van der Waals surface area contributed by atoms with E-state index in [1.807, 2.05) is 11.8 Å². The van der Waals surface area contributed by atoms with Crippen LogP contribution in [0.1, 0.15) is 39.0 Å². The third kappa shape index (κ3) is 3.47. The SMILES string of the molecule is CCC1CCC(CN)C(CCSC)C1. The first-order chi connectivity index (χ1) is 6.81. The van der Waals surface area contributed by atoms with E-state index in [-0.39, 0.29) is 0 Å². The molecule has 1 aliphatic rings. The van der Waals surface area contributed by atoms with Crippen LogP contribution in [0.15, 0.2) is 0 Å². The maximum atomic E-state index is 5.85. The molecule has 0 amide bonds. The normalized spacial score (nSPS) is 33.2. The summed E-state index contributed by atoms with van der Waals surface area (Å²) in [5, 5.41) is 0. The van der Waals surface area contributed by atoms with Crippen LogP contribution in [0.2, 0.25) is 0 Å². The Hall–Kier alpha value is 0.310. The molecule has 2 heteroatoms. The minimum atomic E-state index is 0.824. The minimum absolute atomic E-state index is 0.824. The van der Waals surface area contributed by atoms with Gasteiger partial charge in [-0.1, -0.05) is 19.8 Å². The Morgan fingerprint density at radius 2 is 2.07 bits per heavy atom. The molecule has 0 radical (unpaired) electrons. The van der Waals surface area contributed by atoms with E-state index >= 15 is 0 Å². The fraction of sp³-hybridized carbons (Fsp3) is 1.00. The summed E-state index contributed by atoms with van der Waals surface area (Å²) in [6.45, 7) is 3.24. The van der Waals surface area contributed by atoms with Crippen LogP contribution in [0, 0.1) is 17.8 Å². The minimum Gasteiger partial charge on any atom is -0.330 e. The molecule has 84 valence electrons. The monoisotopic (exact) mass is 215 g/mol. The lowest BCUT2D eigenvalue weighted by molar-refractivity contribution is 0.177. The molecular weight excluding hydrogens is 190 g/mol. The zero-order valence-corrected chi connectivity index (χ0v) is 10.5. The van der Waals surface area contributed by atoms with Crippen LogP contribution in [0.25, 0.3) is 0 Å². The molecule has 0 aromatic heterocycles. The number of thioether (sulfide) groups is 1. The first-order valence-corrected chi connectivity index (χ1v) is 7.40. The molecule has 0 aliphatic heterocycles. The van der Waals surface area contributed by atoms with Gasteiger partial charge in [-0.05, 0) is 55.6 Å². The fourth-order valence-corrected chi connectivity index (χ4v) is 3.27. The van der Waals surface area contributed by atoms with Gasteiger partial charge in [0.15, 0.2) is 0 Å². The van der Waals surface area contributed by atoms with Crippen molar-refractivity contribution in [2.75, 3.05) is 18.6 Å². The van der Waals surface area contributed by atoms with Crippen molar-refractivity contribution in [2.45, 2.75) is 39.0 Å². The molecule has 1 aliphatic carbocycles. The summed E-state index contributed by atoms with van der Waals surface area (Å²) in [7, 11) is 0. The second kappa shape index (κ2) is 6.73. The molecule has 2 N–H and O–H groups in total. The molecule has 0 spiro atoms. The van der Waals surface area contributed by atoms with Crippen molar-refractivity contribution in [1.82, 2.24) is 0 Å². The van der Waals surface area contributed by atoms with Gasteiger partial charge in [0.05, 0.1) is 0 Å². The van der Waals surface area contributed by atoms with Crippen LogP contribution in [-0.4, -0.2) is 18.6 Å². The summed E-state index contributed by atoms with van der Waals surface area (Å²) in [4.78, 5) is 0. The predicted molar refractivity (Wildman–Crippen MR) is 66.7 cm³/mol. The third-order valence-electron chi connectivity index (χ3n) is 3.82. The van der Waals surface area contributed by atoms with Gasteiger partial charge in [-0.15, -0.1) is 0 Å². The van der Waals surface area contributed by atoms with E-state index in [4.69, 9.17) is 5.73 Å². The van der Waals surface area contributed by atoms with Crippen molar-refractivity contribution in [3.05, 3.63) is 0 Å².